The van der Waals surface area contributed by atoms with Gasteiger partial charge in [-0.15, -0.1) is 23.5 Å². The van der Waals surface area contributed by atoms with Gasteiger partial charge < -0.3 is 4.90 Å². The fraction of sp³-hybridized carbons (Fsp3) is 0.440. The largest absolute Gasteiger partial charge is 0.334 e. The van der Waals surface area contributed by atoms with Gasteiger partial charge in [0.2, 0.25) is 0 Å². The summed E-state index contributed by atoms with van der Waals surface area (Å²) < 4.78 is 0. The van der Waals surface area contributed by atoms with Gasteiger partial charge in [0.1, 0.15) is 0 Å². The predicted octanol–water partition coefficient (Wildman–Crippen LogP) is 12.3. The van der Waals surface area contributed by atoms with E-state index in [1.54, 1.807) is 11.1 Å². The Morgan fingerprint density at radius 1 is 0.792 bits per heavy atom. The molecule has 0 amide bonds. The molecule has 7 aliphatic carbocycles. The minimum absolute atomic E-state index is 0.130. The molecule has 10 aliphatic rings. The van der Waals surface area contributed by atoms with E-state index in [4.69, 9.17) is 0 Å². The highest BCUT2D eigenvalue weighted by Crippen LogP contribution is 2.71. The molecule has 3 heterocycles. The molecule has 13 unspecified atom stereocenters. The first-order chi connectivity index (χ1) is 26.2. The lowest BCUT2D eigenvalue weighted by molar-refractivity contribution is 0.0618. The maximum atomic E-state index is 2.83. The topological polar surface area (TPSA) is 3.24 Å². The standard InChI is InChI=1S/C50H53NS2/c1-32-14-12-22-41-48(32)52-47-29-27-34(33-15-4-2-5-16-33)31-43(47)50(41)40-21-9-11-25-46(40)53-49-37(20-13-23-42(49)50)35-26-28-45-39(30-35)38-19-8-10-24-44(38)51(45)36-17-6-3-7-18-36/h2-4,6-8,10,12-13,15,17-19,21-24,26-29,31-32,35,37-38,41-44,46-49H,5,9,11,14,16,20,25,30H2,1H3. The lowest BCUT2D eigenvalue weighted by Crippen LogP contribution is -2.63. The molecular weight excluding hydrogens is 679 g/mol. The molecular formula is C50H53NS2. The molecule has 0 N–H and O–H groups in total. The number of nitrogens with zero attached hydrogens (tertiary/aromatic N) is 1. The van der Waals surface area contributed by atoms with Crippen molar-refractivity contribution in [3.8, 4) is 0 Å². The van der Waals surface area contributed by atoms with E-state index in [9.17, 15) is 0 Å². The lowest BCUT2D eigenvalue weighted by Gasteiger charge is -2.66. The number of anilines is 1. The van der Waals surface area contributed by atoms with Gasteiger partial charge in [-0.3, -0.25) is 0 Å². The predicted molar refractivity (Wildman–Crippen MR) is 228 cm³/mol. The van der Waals surface area contributed by atoms with Crippen molar-refractivity contribution >= 4 is 29.2 Å². The molecule has 270 valence electrons. The average molecular weight is 732 g/mol. The Kier molecular flexibility index (Phi) is 8.31. The van der Waals surface area contributed by atoms with Crippen LogP contribution < -0.4 is 4.90 Å². The Bertz CT molecular complexity index is 2000. The maximum absolute atomic E-state index is 2.83. The van der Waals surface area contributed by atoms with E-state index in [-0.39, 0.29) is 5.41 Å². The molecule has 3 aliphatic heterocycles. The summed E-state index contributed by atoms with van der Waals surface area (Å²) in [5.41, 5.74) is 9.50. The lowest BCUT2D eigenvalue weighted by atomic mass is 9.47. The molecule has 0 bridgehead atoms. The Hall–Kier alpha value is -3.14. The number of hydrogen-bond donors (Lipinski definition) is 0. The second kappa shape index (κ2) is 13.3. The van der Waals surface area contributed by atoms with Crippen molar-refractivity contribution in [2.24, 2.45) is 46.8 Å². The number of thioether (sulfide) groups is 2. The second-order valence-electron chi connectivity index (χ2n) is 17.5. The van der Waals surface area contributed by atoms with Gasteiger partial charge in [0, 0.05) is 49.6 Å². The van der Waals surface area contributed by atoms with Gasteiger partial charge in [-0.1, -0.05) is 128 Å². The molecule has 0 radical (unpaired) electrons. The van der Waals surface area contributed by atoms with Crippen LogP contribution in [0.5, 0.6) is 0 Å². The molecule has 1 spiro atoms. The molecule has 1 aromatic carbocycles. The van der Waals surface area contributed by atoms with Crippen LogP contribution in [0.3, 0.4) is 0 Å². The van der Waals surface area contributed by atoms with Crippen molar-refractivity contribution < 1.29 is 0 Å². The summed E-state index contributed by atoms with van der Waals surface area (Å²) in [7, 11) is 0. The molecule has 11 rings (SSSR count). The fourth-order valence-electron chi connectivity index (χ4n) is 12.7. The summed E-state index contributed by atoms with van der Waals surface area (Å²) in [6.45, 7) is 2.57. The van der Waals surface area contributed by atoms with Crippen molar-refractivity contribution in [3.63, 3.8) is 0 Å². The highest BCUT2D eigenvalue weighted by atomic mass is 32.2. The van der Waals surface area contributed by atoms with Crippen molar-refractivity contribution in [1.29, 1.82) is 0 Å². The van der Waals surface area contributed by atoms with E-state index in [1.165, 1.54) is 68.3 Å². The van der Waals surface area contributed by atoms with E-state index in [0.29, 0.717) is 68.5 Å². The highest BCUT2D eigenvalue weighted by molar-refractivity contribution is 8.01. The third-order valence-corrected chi connectivity index (χ3v) is 18.6. The molecule has 3 heteroatoms. The number of para-hydroxylation sites is 1. The molecule has 0 saturated carbocycles. The molecule has 2 fully saturated rings. The molecule has 13 atom stereocenters. The summed E-state index contributed by atoms with van der Waals surface area (Å²) >= 11 is 4.77. The van der Waals surface area contributed by atoms with Crippen molar-refractivity contribution in [3.05, 3.63) is 162 Å². The van der Waals surface area contributed by atoms with E-state index in [1.807, 2.05) is 5.57 Å². The average Bonchev–Trinajstić information content (AvgIpc) is 3.55. The Balaban J connectivity index is 1.01. The van der Waals surface area contributed by atoms with Crippen molar-refractivity contribution in [2.45, 2.75) is 85.3 Å². The monoisotopic (exact) mass is 731 g/mol. The molecule has 2 saturated heterocycles. The summed E-state index contributed by atoms with van der Waals surface area (Å²) in [5, 5.41) is 2.50. The van der Waals surface area contributed by atoms with E-state index < -0.39 is 0 Å². The van der Waals surface area contributed by atoms with Crippen LogP contribution in [0.1, 0.15) is 58.3 Å². The molecule has 1 nitrogen and oxygen atoms in total. The number of rotatable bonds is 3. The zero-order valence-electron chi connectivity index (χ0n) is 31.1. The van der Waals surface area contributed by atoms with Crippen molar-refractivity contribution in [1.82, 2.24) is 0 Å². The Morgan fingerprint density at radius 2 is 1.66 bits per heavy atom. The smallest absolute Gasteiger partial charge is 0.0626 e. The van der Waals surface area contributed by atoms with Gasteiger partial charge in [-0.05, 0) is 116 Å². The van der Waals surface area contributed by atoms with Gasteiger partial charge in [0.15, 0.2) is 0 Å². The first kappa shape index (κ1) is 33.2. The summed E-state index contributed by atoms with van der Waals surface area (Å²) in [6, 6.07) is 11.5. The summed E-state index contributed by atoms with van der Waals surface area (Å²) in [5.74, 6) is 4.04. The van der Waals surface area contributed by atoms with Crippen LogP contribution in [-0.4, -0.2) is 27.0 Å². The first-order valence-corrected chi connectivity index (χ1v) is 22.8. The van der Waals surface area contributed by atoms with Crippen LogP contribution in [0.4, 0.5) is 5.69 Å². The van der Waals surface area contributed by atoms with Gasteiger partial charge in [0.05, 0.1) is 6.04 Å². The van der Waals surface area contributed by atoms with Crippen LogP contribution in [0.15, 0.2) is 162 Å². The minimum atomic E-state index is 0.130. The molecule has 53 heavy (non-hydrogen) atoms. The van der Waals surface area contributed by atoms with Gasteiger partial charge in [-0.2, -0.15) is 0 Å². The SMILES string of the molecule is CC1CC=CC2C1SC1C=CC(C3=CC=CCC3)=CC1C21C2=CCCCC2SC2C(C3C=CC4=C(C3)C3C=CC=CC3N4c3ccccc3)CC=CC21. The minimum Gasteiger partial charge on any atom is -0.334 e. The first-order valence-electron chi connectivity index (χ1n) is 20.9. The van der Waals surface area contributed by atoms with E-state index in [0.717, 1.165) is 0 Å². The Morgan fingerprint density at radius 3 is 2.55 bits per heavy atom. The quantitative estimate of drug-likeness (QED) is 0.285. The number of fused-ring (bicyclic) bond motifs is 10. The number of hydrogen-bond acceptors (Lipinski definition) is 3. The fourth-order valence-corrected chi connectivity index (χ4v) is 16.7. The number of allylic oxidation sites excluding steroid dienone is 16. The van der Waals surface area contributed by atoms with Gasteiger partial charge >= 0.3 is 0 Å². The van der Waals surface area contributed by atoms with Gasteiger partial charge in [0.25, 0.3) is 0 Å². The van der Waals surface area contributed by atoms with Crippen LogP contribution in [0.25, 0.3) is 0 Å². The maximum Gasteiger partial charge on any atom is 0.0626 e. The normalized spacial score (nSPS) is 43.0. The van der Waals surface area contributed by atoms with E-state index in [2.05, 4.69) is 169 Å². The van der Waals surface area contributed by atoms with Crippen LogP contribution in [0.2, 0.25) is 0 Å². The van der Waals surface area contributed by atoms with Gasteiger partial charge in [-0.25, -0.2) is 0 Å². The van der Waals surface area contributed by atoms with Crippen LogP contribution >= 0.6 is 23.5 Å². The van der Waals surface area contributed by atoms with Crippen molar-refractivity contribution in [2.75, 3.05) is 4.90 Å². The van der Waals surface area contributed by atoms with Crippen LogP contribution in [-0.2, 0) is 0 Å². The zero-order valence-corrected chi connectivity index (χ0v) is 32.7. The summed E-state index contributed by atoms with van der Waals surface area (Å²) in [6.07, 6.45) is 53.4. The molecule has 0 aromatic heterocycles. The second-order valence-corrected chi connectivity index (χ2v) is 20.2. The van der Waals surface area contributed by atoms with E-state index >= 15 is 0 Å². The van der Waals surface area contributed by atoms with Crippen LogP contribution in [0, 0.1) is 46.8 Å². The zero-order chi connectivity index (χ0) is 35.1. The number of benzene rings is 1. The summed E-state index contributed by atoms with van der Waals surface area (Å²) in [4.78, 5) is 2.63. The third-order valence-electron chi connectivity index (χ3n) is 15.0. The highest BCUT2D eigenvalue weighted by Gasteiger charge is 2.65. The molecule has 1 aromatic rings. The third kappa shape index (κ3) is 5.11. The Labute approximate surface area is 326 Å².